The highest BCUT2D eigenvalue weighted by Crippen LogP contribution is 2.34. The van der Waals surface area contributed by atoms with Crippen molar-refractivity contribution in [2.75, 3.05) is 5.32 Å². The second kappa shape index (κ2) is 7.08. The number of alkyl halides is 3. The molecule has 0 atom stereocenters. The van der Waals surface area contributed by atoms with Crippen LogP contribution in [0.5, 0.6) is 0 Å². The van der Waals surface area contributed by atoms with E-state index < -0.39 is 17.8 Å². The molecule has 28 heavy (non-hydrogen) atoms. The van der Waals surface area contributed by atoms with Crippen molar-refractivity contribution in [1.82, 2.24) is 14.8 Å². The molecule has 0 fully saturated rings. The average molecular weight is 402 g/mol. The Hall–Kier alpha value is -3.20. The van der Waals surface area contributed by atoms with Crippen LogP contribution in [-0.4, -0.2) is 20.7 Å². The van der Waals surface area contributed by atoms with Gasteiger partial charge in [-0.25, -0.2) is 4.98 Å². The van der Waals surface area contributed by atoms with Gasteiger partial charge in [-0.2, -0.15) is 18.3 Å². The molecule has 2 aromatic heterocycles. The predicted molar refractivity (Wildman–Crippen MR) is 101 cm³/mol. The van der Waals surface area contributed by atoms with Crippen molar-refractivity contribution in [3.05, 3.63) is 66.5 Å². The number of aromatic nitrogens is 3. The lowest BCUT2D eigenvalue weighted by atomic mass is 10.2. The molecule has 0 saturated carbocycles. The molecule has 4 rings (SSSR count). The predicted octanol–water partition coefficient (Wildman–Crippen LogP) is 4.82. The van der Waals surface area contributed by atoms with Crippen LogP contribution in [0, 0.1) is 0 Å². The number of nitrogens with zero attached hydrogens (tertiary/aromatic N) is 3. The molecule has 2 heterocycles. The van der Waals surface area contributed by atoms with E-state index in [1.54, 1.807) is 12.1 Å². The van der Waals surface area contributed by atoms with E-state index in [0.29, 0.717) is 5.69 Å². The highest BCUT2D eigenvalue weighted by Gasteiger charge is 2.33. The number of amides is 1. The molecule has 5 nitrogen and oxygen atoms in total. The summed E-state index contributed by atoms with van der Waals surface area (Å²) in [6, 6.07) is 15.7. The highest BCUT2D eigenvalue weighted by molar-refractivity contribution is 7.21. The van der Waals surface area contributed by atoms with E-state index in [4.69, 9.17) is 0 Å². The third kappa shape index (κ3) is 3.74. The van der Waals surface area contributed by atoms with Gasteiger partial charge in [0, 0.05) is 11.8 Å². The summed E-state index contributed by atoms with van der Waals surface area (Å²) in [7, 11) is 0. The van der Waals surface area contributed by atoms with E-state index in [2.05, 4.69) is 15.4 Å². The first-order valence-corrected chi connectivity index (χ1v) is 9.07. The van der Waals surface area contributed by atoms with Crippen molar-refractivity contribution < 1.29 is 18.0 Å². The van der Waals surface area contributed by atoms with Crippen LogP contribution in [0.25, 0.3) is 20.8 Å². The Kier molecular flexibility index (Phi) is 4.60. The first-order valence-electron chi connectivity index (χ1n) is 8.25. The molecule has 0 bridgehead atoms. The fourth-order valence-electron chi connectivity index (χ4n) is 2.70. The molecule has 2 aromatic carbocycles. The molecule has 4 aromatic rings. The fraction of sp³-hybridized carbons (Fsp3) is 0.105. The largest absolute Gasteiger partial charge is 0.435 e. The maximum atomic E-state index is 12.6. The minimum atomic E-state index is -4.54. The summed E-state index contributed by atoms with van der Waals surface area (Å²) < 4.78 is 39.9. The number of carbonyl (C=O) groups excluding carboxylic acids is 1. The van der Waals surface area contributed by atoms with E-state index in [0.717, 1.165) is 37.7 Å². The molecular formula is C19H13F3N4OS. The van der Waals surface area contributed by atoms with E-state index >= 15 is 0 Å². The Morgan fingerprint density at radius 3 is 2.57 bits per heavy atom. The number of halogens is 3. The van der Waals surface area contributed by atoms with Crippen molar-refractivity contribution >= 4 is 33.1 Å². The Labute approximate surface area is 161 Å². The molecule has 142 valence electrons. The Balaban J connectivity index is 1.55. The van der Waals surface area contributed by atoms with Crippen LogP contribution in [0.3, 0.4) is 0 Å². The molecule has 0 spiro atoms. The molecule has 0 aliphatic carbocycles. The van der Waals surface area contributed by atoms with Crippen LogP contribution in [0.4, 0.5) is 18.9 Å². The zero-order chi connectivity index (χ0) is 19.7. The molecule has 1 N–H and O–H groups in total. The number of nitrogens with one attached hydrogen (secondary N) is 1. The van der Waals surface area contributed by atoms with Gasteiger partial charge < -0.3 is 5.32 Å². The van der Waals surface area contributed by atoms with Crippen LogP contribution in [0.1, 0.15) is 5.69 Å². The number of fused-ring (bicyclic) bond motifs is 1. The first kappa shape index (κ1) is 18.2. The summed E-state index contributed by atoms with van der Waals surface area (Å²) in [6.07, 6.45) is -3.41. The number of benzene rings is 2. The highest BCUT2D eigenvalue weighted by atomic mass is 32.1. The number of carbonyl (C=O) groups is 1. The van der Waals surface area contributed by atoms with Crippen molar-refractivity contribution in [2.24, 2.45) is 0 Å². The van der Waals surface area contributed by atoms with E-state index in [1.165, 1.54) is 11.3 Å². The lowest BCUT2D eigenvalue weighted by Gasteiger charge is -2.09. The van der Waals surface area contributed by atoms with Gasteiger partial charge in [0.05, 0.1) is 15.9 Å². The fourth-order valence-corrected chi connectivity index (χ4v) is 3.71. The van der Waals surface area contributed by atoms with Gasteiger partial charge in [0.25, 0.3) is 0 Å². The molecule has 9 heteroatoms. The van der Waals surface area contributed by atoms with Gasteiger partial charge in [0.2, 0.25) is 5.91 Å². The third-order valence-corrected chi connectivity index (χ3v) is 5.03. The van der Waals surface area contributed by atoms with Gasteiger partial charge in [-0.05, 0) is 30.3 Å². The summed E-state index contributed by atoms with van der Waals surface area (Å²) in [5, 5.41) is 6.87. The van der Waals surface area contributed by atoms with E-state index in [1.807, 2.05) is 36.4 Å². The van der Waals surface area contributed by atoms with Crippen LogP contribution in [0.15, 0.2) is 60.8 Å². The minimum Gasteiger partial charge on any atom is -0.324 e. The number of anilines is 1. The quantitative estimate of drug-likeness (QED) is 0.533. The smallest absolute Gasteiger partial charge is 0.324 e. The summed E-state index contributed by atoms with van der Waals surface area (Å²) >= 11 is 1.50. The normalized spacial score (nSPS) is 11.7. The number of hydrogen-bond acceptors (Lipinski definition) is 4. The second-order valence-electron chi connectivity index (χ2n) is 5.98. The van der Waals surface area contributed by atoms with Gasteiger partial charge in [-0.1, -0.05) is 24.3 Å². The van der Waals surface area contributed by atoms with E-state index in [9.17, 15) is 18.0 Å². The standard InChI is InChI=1S/C19H13F3N4OS/c20-19(21,22)16-9-10-26(25-16)11-17(27)23-13-6-2-1-5-12(13)18-24-14-7-3-4-8-15(14)28-18/h1-10H,11H2,(H,23,27). The third-order valence-electron chi connectivity index (χ3n) is 3.96. The van der Waals surface area contributed by atoms with Crippen molar-refractivity contribution in [2.45, 2.75) is 12.7 Å². The second-order valence-corrected chi connectivity index (χ2v) is 7.01. The molecule has 1 amide bonds. The first-order chi connectivity index (χ1) is 13.4. The van der Waals surface area contributed by atoms with Crippen molar-refractivity contribution in [3.63, 3.8) is 0 Å². The number of thiazole rings is 1. The van der Waals surface area contributed by atoms with Crippen molar-refractivity contribution in [1.29, 1.82) is 0 Å². The van der Waals surface area contributed by atoms with Gasteiger partial charge in [-0.3, -0.25) is 9.48 Å². The Morgan fingerprint density at radius 2 is 1.82 bits per heavy atom. The SMILES string of the molecule is O=C(Cn1ccc(C(F)(F)F)n1)Nc1ccccc1-c1nc2ccccc2s1. The molecule has 0 aliphatic heterocycles. The minimum absolute atomic E-state index is 0.329. The Bertz CT molecular complexity index is 1120. The van der Waals surface area contributed by atoms with Crippen LogP contribution >= 0.6 is 11.3 Å². The van der Waals surface area contributed by atoms with Crippen LogP contribution < -0.4 is 5.32 Å². The zero-order valence-electron chi connectivity index (χ0n) is 14.3. The van der Waals surface area contributed by atoms with Gasteiger partial charge >= 0.3 is 6.18 Å². The maximum absolute atomic E-state index is 12.6. The monoisotopic (exact) mass is 402 g/mol. The van der Waals surface area contributed by atoms with E-state index in [-0.39, 0.29) is 6.54 Å². The van der Waals surface area contributed by atoms with Crippen LogP contribution in [0.2, 0.25) is 0 Å². The summed E-state index contributed by atoms with van der Waals surface area (Å²) in [4.78, 5) is 16.9. The molecular weight excluding hydrogens is 389 g/mol. The van der Waals surface area contributed by atoms with Gasteiger partial charge in [0.15, 0.2) is 5.69 Å². The average Bonchev–Trinajstić information content (AvgIpc) is 3.28. The molecule has 0 saturated heterocycles. The molecule has 0 aliphatic rings. The lowest BCUT2D eigenvalue weighted by molar-refractivity contribution is -0.141. The molecule has 0 unspecified atom stereocenters. The van der Waals surface area contributed by atoms with Crippen molar-refractivity contribution in [3.8, 4) is 10.6 Å². The van der Waals surface area contributed by atoms with Gasteiger partial charge in [0.1, 0.15) is 11.6 Å². The summed E-state index contributed by atoms with van der Waals surface area (Å²) in [5.74, 6) is -0.481. The summed E-state index contributed by atoms with van der Waals surface area (Å²) in [5.41, 5.74) is 1.11. The molecule has 0 radical (unpaired) electrons. The van der Waals surface area contributed by atoms with Gasteiger partial charge in [-0.15, -0.1) is 11.3 Å². The number of hydrogen-bond donors (Lipinski definition) is 1. The topological polar surface area (TPSA) is 59.8 Å². The lowest BCUT2D eigenvalue weighted by Crippen LogP contribution is -2.20. The summed E-state index contributed by atoms with van der Waals surface area (Å²) in [6.45, 7) is -0.329. The van der Waals surface area contributed by atoms with Crippen LogP contribution in [-0.2, 0) is 17.5 Å². The zero-order valence-corrected chi connectivity index (χ0v) is 15.1. The number of rotatable bonds is 4. The maximum Gasteiger partial charge on any atom is 0.435 e. The Morgan fingerprint density at radius 1 is 1.07 bits per heavy atom. The number of para-hydroxylation sites is 2.